The molecule has 5 fully saturated rings. The lowest BCUT2D eigenvalue weighted by Crippen LogP contribution is -2.62. The summed E-state index contributed by atoms with van der Waals surface area (Å²) in [5.74, 6) is 1.22. The quantitative estimate of drug-likeness (QED) is 0.372. The maximum atomic E-state index is 12.4. The van der Waals surface area contributed by atoms with E-state index in [1.54, 1.807) is 13.0 Å². The molecule has 0 amide bonds. The summed E-state index contributed by atoms with van der Waals surface area (Å²) in [6.07, 6.45) is 6.45. The molecule has 2 heterocycles. The Morgan fingerprint density at radius 1 is 1.00 bits per heavy atom. The highest BCUT2D eigenvalue weighted by molar-refractivity contribution is 5.85. The van der Waals surface area contributed by atoms with Gasteiger partial charge in [-0.25, -0.2) is 4.79 Å². The van der Waals surface area contributed by atoms with Crippen LogP contribution in [0.4, 0.5) is 0 Å². The van der Waals surface area contributed by atoms with Crippen molar-refractivity contribution in [1.29, 1.82) is 0 Å². The number of aliphatic hydroxyl groups excluding tert-OH is 2. The minimum Gasteiger partial charge on any atom is -0.458 e. The fourth-order valence-corrected chi connectivity index (χ4v) is 10.1. The number of hydrogen-bond acceptors (Lipinski definition) is 8. The van der Waals surface area contributed by atoms with E-state index in [0.717, 1.165) is 63.4 Å². The number of cyclic esters (lactones) is 1. The van der Waals surface area contributed by atoms with Crippen molar-refractivity contribution in [3.05, 3.63) is 11.6 Å². The minimum absolute atomic E-state index is 0.0103. The normalized spacial score (nSPS) is 54.5. The molecule has 13 atom stereocenters. The van der Waals surface area contributed by atoms with Crippen molar-refractivity contribution < 1.29 is 39.1 Å². The molecule has 0 aromatic rings. The van der Waals surface area contributed by atoms with E-state index >= 15 is 0 Å². The molecule has 0 bridgehead atoms. The van der Waals surface area contributed by atoms with Gasteiger partial charge in [0.15, 0.2) is 6.29 Å². The molecule has 6 rings (SSSR count). The van der Waals surface area contributed by atoms with Crippen molar-refractivity contribution in [3.8, 4) is 0 Å². The van der Waals surface area contributed by atoms with Crippen LogP contribution >= 0.6 is 0 Å². The van der Waals surface area contributed by atoms with Crippen LogP contribution in [0.2, 0.25) is 0 Å². The van der Waals surface area contributed by atoms with Crippen LogP contribution in [0, 0.1) is 34.5 Å². The molecule has 8 nitrogen and oxygen atoms in total. The number of hydrogen-bond donors (Lipinski definition) is 3. The first kappa shape index (κ1) is 27.2. The molecule has 0 spiro atoms. The Bertz CT molecular complexity index is 968. The third-order valence-corrected chi connectivity index (χ3v) is 12.3. The highest BCUT2D eigenvalue weighted by Crippen LogP contribution is 2.70. The van der Waals surface area contributed by atoms with Gasteiger partial charge in [-0.2, -0.15) is 0 Å². The van der Waals surface area contributed by atoms with Crippen molar-refractivity contribution in [3.63, 3.8) is 0 Å². The van der Waals surface area contributed by atoms with E-state index in [4.69, 9.17) is 18.9 Å². The lowest BCUT2D eigenvalue weighted by atomic mass is 9.43. The number of rotatable bonds is 4. The molecule has 0 unspecified atom stereocenters. The molecule has 0 aromatic carbocycles. The van der Waals surface area contributed by atoms with Gasteiger partial charge in [0, 0.05) is 18.6 Å². The van der Waals surface area contributed by atoms with E-state index in [1.807, 2.05) is 0 Å². The Morgan fingerprint density at radius 3 is 2.50 bits per heavy atom. The Hall–Kier alpha value is -1.03. The predicted octanol–water partition coefficient (Wildman–Crippen LogP) is 3.11. The van der Waals surface area contributed by atoms with Gasteiger partial charge in [0.2, 0.25) is 0 Å². The van der Waals surface area contributed by atoms with Crippen molar-refractivity contribution in [2.45, 2.75) is 121 Å². The van der Waals surface area contributed by atoms with Crippen LogP contribution < -0.4 is 0 Å². The molecule has 0 radical (unpaired) electrons. The van der Waals surface area contributed by atoms with Gasteiger partial charge >= 0.3 is 5.97 Å². The molecular formula is C30H46O8. The van der Waals surface area contributed by atoms with Gasteiger partial charge in [-0.1, -0.05) is 13.8 Å². The van der Waals surface area contributed by atoms with E-state index in [0.29, 0.717) is 18.4 Å². The summed E-state index contributed by atoms with van der Waals surface area (Å²) in [5, 5.41) is 33.5. The van der Waals surface area contributed by atoms with Gasteiger partial charge < -0.3 is 34.3 Å². The predicted molar refractivity (Wildman–Crippen MR) is 138 cm³/mol. The third-order valence-electron chi connectivity index (χ3n) is 12.3. The first-order valence-corrected chi connectivity index (χ1v) is 14.8. The van der Waals surface area contributed by atoms with Crippen LogP contribution in [0.25, 0.3) is 0 Å². The van der Waals surface area contributed by atoms with Crippen LogP contribution in [-0.2, 0) is 23.7 Å². The Balaban J connectivity index is 1.16. The summed E-state index contributed by atoms with van der Waals surface area (Å²) >= 11 is 0. The molecule has 38 heavy (non-hydrogen) atoms. The van der Waals surface area contributed by atoms with Crippen LogP contribution in [0.3, 0.4) is 0 Å². The Kier molecular flexibility index (Phi) is 6.80. The number of carbonyl (C=O) groups excluding carboxylic acids is 1. The minimum atomic E-state index is -1.04. The second-order valence-corrected chi connectivity index (χ2v) is 13.7. The molecule has 214 valence electrons. The topological polar surface area (TPSA) is 115 Å². The van der Waals surface area contributed by atoms with Gasteiger partial charge in [0.05, 0.1) is 17.8 Å². The number of carbonyl (C=O) groups is 1. The van der Waals surface area contributed by atoms with Crippen LogP contribution in [0.5, 0.6) is 0 Å². The first-order chi connectivity index (χ1) is 18.0. The number of methoxy groups -OCH3 is 1. The molecular weight excluding hydrogens is 488 g/mol. The summed E-state index contributed by atoms with van der Waals surface area (Å²) in [7, 11) is 1.49. The zero-order valence-corrected chi connectivity index (χ0v) is 23.3. The fourth-order valence-electron chi connectivity index (χ4n) is 10.1. The molecule has 8 heteroatoms. The molecule has 2 aliphatic heterocycles. The Morgan fingerprint density at radius 2 is 1.79 bits per heavy atom. The second-order valence-electron chi connectivity index (χ2n) is 13.7. The standard InChI is InChI=1S/C30H46O8/c1-16-24(32)26(35-4)25(33)27(37-16)38-19-7-10-28(2)18(14-19)5-6-22-21(28)8-11-29(3)20(9-12-30(22,29)34)17-13-23(31)36-15-17/h13,16,18-22,24-27,32-34H,5-12,14-15H2,1-4H3/t16-,18-,19-,20+,21+,22-,24+,25+,26-,27+,28+,29-,30+/m1/s1. The van der Waals surface area contributed by atoms with Crippen molar-refractivity contribution in [2.24, 2.45) is 34.5 Å². The van der Waals surface area contributed by atoms with E-state index < -0.39 is 36.3 Å². The van der Waals surface area contributed by atoms with Crippen molar-refractivity contribution in [2.75, 3.05) is 13.7 Å². The second kappa shape index (κ2) is 9.52. The highest BCUT2D eigenvalue weighted by atomic mass is 16.7. The zero-order chi connectivity index (χ0) is 27.0. The Labute approximate surface area is 226 Å². The van der Waals surface area contributed by atoms with E-state index in [2.05, 4.69) is 13.8 Å². The monoisotopic (exact) mass is 534 g/mol. The third kappa shape index (κ3) is 3.88. The van der Waals surface area contributed by atoms with Crippen molar-refractivity contribution in [1.82, 2.24) is 0 Å². The molecule has 6 aliphatic rings. The fraction of sp³-hybridized carbons (Fsp3) is 0.900. The van der Waals surface area contributed by atoms with Gasteiger partial charge in [0.1, 0.15) is 24.9 Å². The maximum absolute atomic E-state index is 12.4. The lowest BCUT2D eigenvalue weighted by Gasteiger charge is -2.64. The van der Waals surface area contributed by atoms with Gasteiger partial charge in [0.25, 0.3) is 0 Å². The lowest BCUT2D eigenvalue weighted by molar-refractivity contribution is -0.313. The summed E-state index contributed by atoms with van der Waals surface area (Å²) in [6.45, 7) is 6.87. The van der Waals surface area contributed by atoms with E-state index in [1.165, 1.54) is 7.11 Å². The van der Waals surface area contributed by atoms with Crippen LogP contribution in [-0.4, -0.2) is 77.4 Å². The van der Waals surface area contributed by atoms with Gasteiger partial charge in [-0.15, -0.1) is 0 Å². The van der Waals surface area contributed by atoms with Crippen molar-refractivity contribution >= 4 is 5.97 Å². The summed E-state index contributed by atoms with van der Waals surface area (Å²) in [6, 6.07) is 0. The number of aliphatic hydroxyl groups is 3. The van der Waals surface area contributed by atoms with Crippen LogP contribution in [0.15, 0.2) is 11.6 Å². The SMILES string of the molecule is CO[C@H]1[C@H](O)[C@H](O[C@@H]2CC[C@@]3(C)[C@H](CC[C@@H]4[C@@H]3CC[C@]3(C)[C@H](C5=CC(=O)OC5)CC[C@]43O)C2)O[C@H](C)[C@@H]1O. The van der Waals surface area contributed by atoms with Gasteiger partial charge in [-0.05, 0) is 99.4 Å². The highest BCUT2D eigenvalue weighted by Gasteiger charge is 2.67. The molecule has 4 saturated carbocycles. The largest absolute Gasteiger partial charge is 0.458 e. The molecule has 4 aliphatic carbocycles. The van der Waals surface area contributed by atoms with Gasteiger partial charge in [-0.3, -0.25) is 0 Å². The average molecular weight is 535 g/mol. The number of fused-ring (bicyclic) bond motifs is 5. The number of ether oxygens (including phenoxy) is 4. The number of esters is 1. The maximum Gasteiger partial charge on any atom is 0.331 e. The smallest absolute Gasteiger partial charge is 0.331 e. The average Bonchev–Trinajstić information content (AvgIpc) is 3.43. The van der Waals surface area contributed by atoms with E-state index in [-0.39, 0.29) is 34.7 Å². The molecule has 3 N–H and O–H groups in total. The molecule has 0 aromatic heterocycles. The summed E-state index contributed by atoms with van der Waals surface area (Å²) < 4.78 is 22.8. The zero-order valence-electron chi connectivity index (χ0n) is 23.3. The van der Waals surface area contributed by atoms with Crippen LogP contribution in [0.1, 0.15) is 78.6 Å². The summed E-state index contributed by atoms with van der Waals surface area (Å²) in [4.78, 5) is 11.8. The first-order valence-electron chi connectivity index (χ1n) is 14.8. The molecule has 1 saturated heterocycles. The summed E-state index contributed by atoms with van der Waals surface area (Å²) in [5.41, 5.74) is 0.300. The van der Waals surface area contributed by atoms with E-state index in [9.17, 15) is 20.1 Å².